The van der Waals surface area contributed by atoms with E-state index < -0.39 is 0 Å². The summed E-state index contributed by atoms with van der Waals surface area (Å²) in [7, 11) is 1.59. The molecule has 0 unspecified atom stereocenters. The molecule has 0 fully saturated rings. The van der Waals surface area contributed by atoms with Crippen LogP contribution in [0.1, 0.15) is 10.4 Å². The first-order valence-corrected chi connectivity index (χ1v) is 3.92. The van der Waals surface area contributed by atoms with Crippen LogP contribution in [0.25, 0.3) is 0 Å². The van der Waals surface area contributed by atoms with E-state index in [1.54, 1.807) is 19.2 Å². The molecule has 1 aromatic rings. The van der Waals surface area contributed by atoms with Crippen molar-refractivity contribution in [3.8, 4) is 0 Å². The topological polar surface area (TPSA) is 29.1 Å². The second-order valence-electron chi connectivity index (χ2n) is 2.00. The van der Waals surface area contributed by atoms with Crippen molar-refractivity contribution in [1.29, 1.82) is 0 Å². The van der Waals surface area contributed by atoms with Crippen molar-refractivity contribution in [2.45, 2.75) is 0 Å². The Balaban J connectivity index is 2.96. The third-order valence-electron chi connectivity index (χ3n) is 1.24. The van der Waals surface area contributed by atoms with E-state index in [1.807, 2.05) is 6.07 Å². The van der Waals surface area contributed by atoms with E-state index in [1.165, 1.54) is 0 Å². The second-order valence-corrected chi connectivity index (χ2v) is 2.92. The van der Waals surface area contributed by atoms with Crippen molar-refractivity contribution in [3.63, 3.8) is 0 Å². The van der Waals surface area contributed by atoms with Gasteiger partial charge in [-0.15, -0.1) is 0 Å². The minimum atomic E-state index is -0.119. The monoisotopic (exact) mass is 212 g/mol. The molecule has 1 rings (SSSR count). The number of hydrogen-bond donors (Lipinski definition) is 1. The maximum absolute atomic E-state index is 11.0. The maximum Gasteiger partial charge on any atom is 0.251 e. The molecule has 0 aliphatic rings. The molecule has 1 radical (unpaired) electrons. The molecule has 0 saturated carbocycles. The summed E-state index contributed by atoms with van der Waals surface area (Å²) in [4.78, 5) is 11.0. The fourth-order valence-corrected chi connectivity index (χ4v) is 1.07. The average molecular weight is 213 g/mol. The quantitative estimate of drug-likeness (QED) is 0.754. The molecule has 1 amide bonds. The lowest BCUT2D eigenvalue weighted by Crippen LogP contribution is -2.17. The van der Waals surface area contributed by atoms with Gasteiger partial charge in [0.2, 0.25) is 0 Å². The first kappa shape index (κ1) is 8.27. The SMILES string of the molecule is CNC(=O)c1[c]ccc(Br)c1. The van der Waals surface area contributed by atoms with Gasteiger partial charge < -0.3 is 5.32 Å². The Morgan fingerprint density at radius 2 is 2.45 bits per heavy atom. The second kappa shape index (κ2) is 3.53. The van der Waals surface area contributed by atoms with E-state index >= 15 is 0 Å². The number of amides is 1. The highest BCUT2D eigenvalue weighted by atomic mass is 79.9. The molecular weight excluding hydrogens is 206 g/mol. The molecule has 1 N–H and O–H groups in total. The van der Waals surface area contributed by atoms with Crippen LogP contribution in [0.5, 0.6) is 0 Å². The molecule has 1 aromatic carbocycles. The van der Waals surface area contributed by atoms with Gasteiger partial charge in [-0.3, -0.25) is 4.79 Å². The molecule has 11 heavy (non-hydrogen) atoms. The third kappa shape index (κ3) is 2.05. The van der Waals surface area contributed by atoms with Crippen LogP contribution in [-0.4, -0.2) is 13.0 Å². The molecule has 3 heteroatoms. The number of carbonyl (C=O) groups is 1. The lowest BCUT2D eigenvalue weighted by atomic mass is 10.2. The zero-order valence-electron chi connectivity index (χ0n) is 6.02. The smallest absolute Gasteiger partial charge is 0.251 e. The van der Waals surface area contributed by atoms with Crippen LogP contribution in [0.2, 0.25) is 0 Å². The minimum Gasteiger partial charge on any atom is -0.355 e. The summed E-state index contributed by atoms with van der Waals surface area (Å²) < 4.78 is 0.884. The number of nitrogens with one attached hydrogen (secondary N) is 1. The van der Waals surface area contributed by atoms with Gasteiger partial charge >= 0.3 is 0 Å². The van der Waals surface area contributed by atoms with Crippen LogP contribution in [0.3, 0.4) is 0 Å². The Bertz CT molecular complexity index is 273. The van der Waals surface area contributed by atoms with E-state index in [0.29, 0.717) is 5.56 Å². The lowest BCUT2D eigenvalue weighted by Gasteiger charge is -1.97. The molecule has 0 heterocycles. The van der Waals surface area contributed by atoms with Crippen LogP contribution in [0, 0.1) is 6.07 Å². The van der Waals surface area contributed by atoms with E-state index in [-0.39, 0.29) is 5.91 Å². The minimum absolute atomic E-state index is 0.119. The molecule has 0 spiro atoms. The van der Waals surface area contributed by atoms with E-state index in [4.69, 9.17) is 0 Å². The largest absolute Gasteiger partial charge is 0.355 e. The highest BCUT2D eigenvalue weighted by Crippen LogP contribution is 2.10. The Labute approximate surface area is 73.7 Å². The lowest BCUT2D eigenvalue weighted by molar-refractivity contribution is 0.0963. The van der Waals surface area contributed by atoms with Crippen LogP contribution >= 0.6 is 15.9 Å². The maximum atomic E-state index is 11.0. The molecule has 0 aliphatic heterocycles. The highest BCUT2D eigenvalue weighted by Gasteiger charge is 2.01. The van der Waals surface area contributed by atoms with Crippen LogP contribution in [-0.2, 0) is 0 Å². The summed E-state index contributed by atoms with van der Waals surface area (Å²) in [6.45, 7) is 0. The standard InChI is InChI=1S/C8H7BrNO/c1-10-8(11)6-3-2-4-7(9)5-6/h2,4-5H,1H3,(H,10,11). The molecule has 2 nitrogen and oxygen atoms in total. The summed E-state index contributed by atoms with van der Waals surface area (Å²) in [6.07, 6.45) is 0. The van der Waals surface area contributed by atoms with Crippen molar-refractivity contribution < 1.29 is 4.79 Å². The fourth-order valence-electron chi connectivity index (χ4n) is 0.704. The van der Waals surface area contributed by atoms with Crippen molar-refractivity contribution in [3.05, 3.63) is 34.3 Å². The van der Waals surface area contributed by atoms with Gasteiger partial charge in [-0.1, -0.05) is 22.0 Å². The first-order valence-electron chi connectivity index (χ1n) is 3.13. The predicted molar refractivity (Wildman–Crippen MR) is 46.4 cm³/mol. The predicted octanol–water partition coefficient (Wildman–Crippen LogP) is 1.61. The van der Waals surface area contributed by atoms with Gasteiger partial charge in [0, 0.05) is 17.1 Å². The van der Waals surface area contributed by atoms with Crippen molar-refractivity contribution in [2.75, 3.05) is 7.05 Å². The number of halogens is 1. The van der Waals surface area contributed by atoms with Gasteiger partial charge in [-0.25, -0.2) is 0 Å². The third-order valence-corrected chi connectivity index (χ3v) is 1.73. The number of hydrogen-bond acceptors (Lipinski definition) is 1. The van der Waals surface area contributed by atoms with E-state index in [0.717, 1.165) is 4.47 Å². The van der Waals surface area contributed by atoms with Gasteiger partial charge in [-0.05, 0) is 18.2 Å². The van der Waals surface area contributed by atoms with Gasteiger partial charge in [0.1, 0.15) is 0 Å². The normalized spacial score (nSPS) is 9.27. The van der Waals surface area contributed by atoms with Crippen molar-refractivity contribution >= 4 is 21.8 Å². The molecule has 0 aliphatic carbocycles. The number of benzene rings is 1. The fraction of sp³-hybridized carbons (Fsp3) is 0.125. The molecule has 0 bridgehead atoms. The van der Waals surface area contributed by atoms with Crippen LogP contribution < -0.4 is 5.32 Å². The highest BCUT2D eigenvalue weighted by molar-refractivity contribution is 9.10. The molecule has 0 aromatic heterocycles. The van der Waals surface area contributed by atoms with E-state index in [9.17, 15) is 4.79 Å². The summed E-state index contributed by atoms with van der Waals surface area (Å²) >= 11 is 3.26. The van der Waals surface area contributed by atoms with Gasteiger partial charge in [-0.2, -0.15) is 0 Å². The molecule has 0 saturated heterocycles. The summed E-state index contributed by atoms with van der Waals surface area (Å²) in [5.41, 5.74) is 0.543. The summed E-state index contributed by atoms with van der Waals surface area (Å²) in [5.74, 6) is -0.119. The molecular formula is C8H7BrNO. The Morgan fingerprint density at radius 3 is 3.00 bits per heavy atom. The molecule has 57 valence electrons. The number of rotatable bonds is 1. The first-order chi connectivity index (χ1) is 5.24. The van der Waals surface area contributed by atoms with Crippen molar-refractivity contribution in [2.24, 2.45) is 0 Å². The van der Waals surface area contributed by atoms with Gasteiger partial charge in [0.05, 0.1) is 0 Å². The molecule has 0 atom stereocenters. The zero-order chi connectivity index (χ0) is 8.27. The average Bonchev–Trinajstić information content (AvgIpc) is 2.03. The Hall–Kier alpha value is -0.830. The Kier molecular flexibility index (Phi) is 2.65. The van der Waals surface area contributed by atoms with Crippen LogP contribution in [0.4, 0.5) is 0 Å². The van der Waals surface area contributed by atoms with Crippen LogP contribution in [0.15, 0.2) is 22.7 Å². The summed E-state index contributed by atoms with van der Waals surface area (Å²) in [5, 5.41) is 2.52. The van der Waals surface area contributed by atoms with Gasteiger partial charge in [0.25, 0.3) is 5.91 Å². The van der Waals surface area contributed by atoms with Gasteiger partial charge in [0.15, 0.2) is 0 Å². The van der Waals surface area contributed by atoms with Crippen molar-refractivity contribution in [1.82, 2.24) is 5.32 Å². The number of carbonyl (C=O) groups excluding carboxylic acids is 1. The zero-order valence-corrected chi connectivity index (χ0v) is 7.60. The Morgan fingerprint density at radius 1 is 1.73 bits per heavy atom. The van der Waals surface area contributed by atoms with E-state index in [2.05, 4.69) is 27.3 Å². The summed E-state index contributed by atoms with van der Waals surface area (Å²) in [6, 6.07) is 8.07.